The first-order chi connectivity index (χ1) is 12.0. The maximum atomic E-state index is 6.48. The van der Waals surface area contributed by atoms with Crippen molar-refractivity contribution in [2.75, 3.05) is 5.43 Å². The minimum absolute atomic E-state index is 0.645. The van der Waals surface area contributed by atoms with Crippen molar-refractivity contribution in [1.82, 2.24) is 5.16 Å². The minimum atomic E-state index is 0.645. The summed E-state index contributed by atoms with van der Waals surface area (Å²) in [7, 11) is 0. The molecule has 6 heteroatoms. The highest BCUT2D eigenvalue weighted by molar-refractivity contribution is 6.37. The van der Waals surface area contributed by atoms with E-state index in [0.717, 1.165) is 39.1 Å². The number of hydrogen-bond acceptors (Lipinski definition) is 4. The number of hydrazone groups is 1. The molecule has 1 aliphatic rings. The fourth-order valence-electron chi connectivity index (χ4n) is 3.25. The Hall–Kier alpha value is -2.30. The molecule has 0 saturated heterocycles. The third-order valence-electron chi connectivity index (χ3n) is 4.58. The Bertz CT molecular complexity index is 1010. The molecule has 126 valence electrons. The second-order valence-corrected chi connectivity index (χ2v) is 6.82. The molecule has 25 heavy (non-hydrogen) atoms. The topological polar surface area (TPSA) is 50.4 Å². The molecule has 4 nitrogen and oxygen atoms in total. The molecule has 1 N–H and O–H groups in total. The number of benzene rings is 2. The molecule has 1 aliphatic heterocycles. The van der Waals surface area contributed by atoms with Gasteiger partial charge in [-0.05, 0) is 49.6 Å². The highest BCUT2D eigenvalue weighted by atomic mass is 35.5. The molecule has 0 saturated carbocycles. The van der Waals surface area contributed by atoms with Crippen LogP contribution in [0.15, 0.2) is 33.9 Å². The normalized spacial score (nSPS) is 12.4. The van der Waals surface area contributed by atoms with Crippen molar-refractivity contribution in [1.29, 1.82) is 0 Å². The lowest BCUT2D eigenvalue weighted by Crippen LogP contribution is -1.97. The second kappa shape index (κ2) is 5.90. The molecule has 0 amide bonds. The molecule has 0 unspecified atom stereocenters. The highest BCUT2D eigenvalue weighted by Crippen LogP contribution is 2.43. The van der Waals surface area contributed by atoms with Crippen LogP contribution >= 0.6 is 23.2 Å². The van der Waals surface area contributed by atoms with Gasteiger partial charge in [-0.15, -0.1) is 0 Å². The van der Waals surface area contributed by atoms with E-state index in [1.165, 1.54) is 0 Å². The van der Waals surface area contributed by atoms with Crippen molar-refractivity contribution in [3.05, 3.63) is 56.6 Å². The van der Waals surface area contributed by atoms with Gasteiger partial charge < -0.3 is 4.52 Å². The summed E-state index contributed by atoms with van der Waals surface area (Å²) in [6, 6.07) is 7.81. The number of nitrogens with one attached hydrogen (secondary N) is 1. The zero-order valence-electron chi connectivity index (χ0n) is 13.9. The van der Waals surface area contributed by atoms with Crippen LogP contribution in [0.3, 0.4) is 0 Å². The highest BCUT2D eigenvalue weighted by Gasteiger charge is 2.26. The molecule has 3 aromatic rings. The van der Waals surface area contributed by atoms with Gasteiger partial charge in [0, 0.05) is 21.2 Å². The lowest BCUT2D eigenvalue weighted by atomic mass is 9.94. The van der Waals surface area contributed by atoms with Gasteiger partial charge in [0.15, 0.2) is 5.76 Å². The largest absolute Gasteiger partial charge is 0.355 e. The number of para-hydroxylation sites is 1. The SMILES string of the molecule is Cc1c(Cl)c(C)c(-c2noc3c2C=NNc2ccccc2-3)c(C)c1Cl. The van der Waals surface area contributed by atoms with E-state index >= 15 is 0 Å². The van der Waals surface area contributed by atoms with Crippen molar-refractivity contribution >= 4 is 35.1 Å². The molecular weight excluding hydrogens is 357 g/mol. The van der Waals surface area contributed by atoms with E-state index in [4.69, 9.17) is 27.7 Å². The van der Waals surface area contributed by atoms with Crippen molar-refractivity contribution in [3.8, 4) is 22.6 Å². The average molecular weight is 372 g/mol. The molecule has 4 rings (SSSR count). The van der Waals surface area contributed by atoms with E-state index < -0.39 is 0 Å². The van der Waals surface area contributed by atoms with Crippen LogP contribution in [0.5, 0.6) is 0 Å². The first-order valence-electron chi connectivity index (χ1n) is 7.84. The third kappa shape index (κ3) is 2.36. The Balaban J connectivity index is 2.02. The van der Waals surface area contributed by atoms with E-state index in [9.17, 15) is 0 Å². The van der Waals surface area contributed by atoms with Crippen LogP contribution in [0.1, 0.15) is 22.3 Å². The van der Waals surface area contributed by atoms with Crippen LogP contribution in [0.25, 0.3) is 22.6 Å². The predicted octanol–water partition coefficient (Wildman–Crippen LogP) is 6.00. The van der Waals surface area contributed by atoms with Gasteiger partial charge in [-0.1, -0.05) is 40.5 Å². The lowest BCUT2D eigenvalue weighted by Gasteiger charge is -2.14. The maximum absolute atomic E-state index is 6.48. The van der Waals surface area contributed by atoms with E-state index in [1.54, 1.807) is 6.21 Å². The Morgan fingerprint density at radius 2 is 1.64 bits per heavy atom. The zero-order chi connectivity index (χ0) is 17.7. The standard InChI is InChI=1S/C19H15Cl2N3O/c1-9-15(10(2)17(21)11(3)16(9)20)18-13-8-22-23-14-7-5-4-6-12(14)19(13)25-24-18/h4-8,23H,1-3H3. The van der Waals surface area contributed by atoms with Crippen molar-refractivity contribution in [2.45, 2.75) is 20.8 Å². The summed E-state index contributed by atoms with van der Waals surface area (Å²) < 4.78 is 5.70. The van der Waals surface area contributed by atoms with Gasteiger partial charge in [0.25, 0.3) is 0 Å². The summed E-state index contributed by atoms with van der Waals surface area (Å²) in [5, 5.41) is 9.91. The van der Waals surface area contributed by atoms with Crippen molar-refractivity contribution < 1.29 is 4.52 Å². The number of aromatic nitrogens is 1. The Morgan fingerprint density at radius 1 is 0.960 bits per heavy atom. The Morgan fingerprint density at radius 3 is 2.36 bits per heavy atom. The summed E-state index contributed by atoms with van der Waals surface area (Å²) in [6.45, 7) is 5.85. The van der Waals surface area contributed by atoms with Crippen LogP contribution in [0.2, 0.25) is 10.0 Å². The quantitative estimate of drug-likeness (QED) is 0.570. The van der Waals surface area contributed by atoms with Crippen molar-refractivity contribution in [3.63, 3.8) is 0 Å². The summed E-state index contributed by atoms with van der Waals surface area (Å²) in [4.78, 5) is 0. The Labute approximate surface area is 155 Å². The molecule has 0 radical (unpaired) electrons. The van der Waals surface area contributed by atoms with Gasteiger partial charge >= 0.3 is 0 Å². The molecule has 2 aromatic carbocycles. The molecule has 2 heterocycles. The Kier molecular flexibility index (Phi) is 3.82. The van der Waals surface area contributed by atoms with Gasteiger partial charge in [0.1, 0.15) is 5.69 Å². The fraction of sp³-hybridized carbons (Fsp3) is 0.158. The first-order valence-corrected chi connectivity index (χ1v) is 8.59. The summed E-state index contributed by atoms with van der Waals surface area (Å²) in [6.07, 6.45) is 1.72. The third-order valence-corrected chi connectivity index (χ3v) is 5.72. The van der Waals surface area contributed by atoms with Crippen LogP contribution in [0, 0.1) is 20.8 Å². The van der Waals surface area contributed by atoms with Crippen LogP contribution < -0.4 is 5.43 Å². The lowest BCUT2D eigenvalue weighted by molar-refractivity contribution is 0.435. The van der Waals surface area contributed by atoms with Gasteiger partial charge in [-0.2, -0.15) is 5.10 Å². The maximum Gasteiger partial charge on any atom is 0.178 e. The van der Waals surface area contributed by atoms with E-state index in [1.807, 2.05) is 45.0 Å². The zero-order valence-corrected chi connectivity index (χ0v) is 15.5. The average Bonchev–Trinajstić information content (AvgIpc) is 2.93. The van der Waals surface area contributed by atoms with E-state index in [0.29, 0.717) is 21.5 Å². The van der Waals surface area contributed by atoms with Crippen LogP contribution in [-0.4, -0.2) is 11.4 Å². The molecule has 1 aromatic heterocycles. The van der Waals surface area contributed by atoms with Crippen LogP contribution in [0.4, 0.5) is 5.69 Å². The number of rotatable bonds is 1. The number of hydrogen-bond donors (Lipinski definition) is 1. The molecule has 0 aliphatic carbocycles. The summed E-state index contributed by atoms with van der Waals surface area (Å²) in [5.74, 6) is 0.672. The monoisotopic (exact) mass is 371 g/mol. The van der Waals surface area contributed by atoms with Gasteiger partial charge in [-0.25, -0.2) is 0 Å². The van der Waals surface area contributed by atoms with E-state index in [2.05, 4.69) is 15.7 Å². The van der Waals surface area contributed by atoms with Gasteiger partial charge in [0.2, 0.25) is 0 Å². The number of fused-ring (bicyclic) bond motifs is 3. The number of anilines is 1. The fourth-order valence-corrected chi connectivity index (χ4v) is 3.68. The van der Waals surface area contributed by atoms with Gasteiger partial charge in [0.05, 0.1) is 17.5 Å². The molecule has 0 atom stereocenters. The first kappa shape index (κ1) is 16.2. The molecule has 0 spiro atoms. The molecular formula is C19H15Cl2N3O. The number of halogens is 2. The second-order valence-electron chi connectivity index (χ2n) is 6.07. The minimum Gasteiger partial charge on any atom is -0.355 e. The van der Waals surface area contributed by atoms with Crippen LogP contribution in [-0.2, 0) is 0 Å². The predicted molar refractivity (Wildman–Crippen MR) is 103 cm³/mol. The summed E-state index contributed by atoms with van der Waals surface area (Å²) in [5.41, 5.74) is 9.92. The van der Waals surface area contributed by atoms with E-state index in [-0.39, 0.29) is 0 Å². The smallest absolute Gasteiger partial charge is 0.178 e. The van der Waals surface area contributed by atoms with Gasteiger partial charge in [-0.3, -0.25) is 5.43 Å². The number of nitrogens with zero attached hydrogens (tertiary/aromatic N) is 2. The molecule has 0 fully saturated rings. The summed E-state index contributed by atoms with van der Waals surface area (Å²) >= 11 is 13.0. The molecule has 0 bridgehead atoms. The van der Waals surface area contributed by atoms with Crippen molar-refractivity contribution in [2.24, 2.45) is 5.10 Å².